The number of aromatic nitrogens is 2. The molecule has 0 amide bonds. The van der Waals surface area contributed by atoms with Crippen LogP contribution in [0.5, 0.6) is 0 Å². The van der Waals surface area contributed by atoms with E-state index in [4.69, 9.17) is 5.73 Å². The van der Waals surface area contributed by atoms with Crippen LogP contribution >= 0.6 is 0 Å². The Morgan fingerprint density at radius 2 is 2.06 bits per heavy atom. The fraction of sp³-hybridized carbons (Fsp3) is 0.692. The lowest BCUT2D eigenvalue weighted by Crippen LogP contribution is -2.39. The van der Waals surface area contributed by atoms with E-state index in [0.717, 1.165) is 12.1 Å². The second-order valence-electron chi connectivity index (χ2n) is 5.39. The Labute approximate surface area is 103 Å². The maximum absolute atomic E-state index is 12.2. The summed E-state index contributed by atoms with van der Waals surface area (Å²) >= 11 is 0. The minimum absolute atomic E-state index is 0.0660. The van der Waals surface area contributed by atoms with Crippen LogP contribution in [0.1, 0.15) is 58.2 Å². The molecule has 0 fully saturated rings. The van der Waals surface area contributed by atoms with E-state index in [1.54, 1.807) is 4.68 Å². The highest BCUT2D eigenvalue weighted by atomic mass is 16.1. The predicted molar refractivity (Wildman–Crippen MR) is 70.1 cm³/mol. The Kier molecular flexibility index (Phi) is 4.09. The molecule has 17 heavy (non-hydrogen) atoms. The molecular formula is C13H23N3O. The van der Waals surface area contributed by atoms with Crippen LogP contribution < -0.4 is 11.3 Å². The van der Waals surface area contributed by atoms with Gasteiger partial charge in [0.25, 0.3) is 5.56 Å². The lowest BCUT2D eigenvalue weighted by molar-refractivity contribution is 0.494. The van der Waals surface area contributed by atoms with Crippen LogP contribution in [-0.4, -0.2) is 9.78 Å². The molecule has 2 N–H and O–H groups in total. The van der Waals surface area contributed by atoms with Crippen molar-refractivity contribution in [3.63, 3.8) is 0 Å². The van der Waals surface area contributed by atoms with Gasteiger partial charge in [-0.25, -0.2) is 4.68 Å². The molecule has 0 spiro atoms. The van der Waals surface area contributed by atoms with E-state index in [2.05, 4.69) is 18.9 Å². The van der Waals surface area contributed by atoms with Gasteiger partial charge >= 0.3 is 0 Å². The summed E-state index contributed by atoms with van der Waals surface area (Å²) in [7, 11) is 0. The van der Waals surface area contributed by atoms with Crippen LogP contribution in [0.25, 0.3) is 0 Å². The molecule has 4 nitrogen and oxygen atoms in total. The smallest absolute Gasteiger partial charge is 0.271 e. The van der Waals surface area contributed by atoms with Gasteiger partial charge < -0.3 is 5.73 Å². The average molecular weight is 237 g/mol. The first-order chi connectivity index (χ1) is 7.77. The molecular weight excluding hydrogens is 214 g/mol. The number of nitrogens with two attached hydrogens (primary N) is 1. The van der Waals surface area contributed by atoms with Crippen LogP contribution in [0.15, 0.2) is 10.9 Å². The number of nitrogens with zero attached hydrogens (tertiary/aromatic N) is 2. The summed E-state index contributed by atoms with van der Waals surface area (Å²) in [5, 5.41) is 4.38. The molecule has 0 atom stereocenters. The Hall–Kier alpha value is -1.16. The predicted octanol–water partition coefficient (Wildman–Crippen LogP) is 1.97. The molecule has 1 heterocycles. The van der Waals surface area contributed by atoms with Crippen molar-refractivity contribution in [2.75, 3.05) is 0 Å². The third-order valence-electron chi connectivity index (χ3n) is 2.71. The van der Waals surface area contributed by atoms with E-state index in [0.29, 0.717) is 18.0 Å². The zero-order valence-electron chi connectivity index (χ0n) is 11.4. The highest BCUT2D eigenvalue weighted by molar-refractivity contribution is 5.22. The molecule has 4 heteroatoms. The number of rotatable bonds is 4. The normalized spacial score (nSPS) is 12.2. The van der Waals surface area contributed by atoms with E-state index in [1.165, 1.54) is 0 Å². The summed E-state index contributed by atoms with van der Waals surface area (Å²) in [6.07, 6.45) is 0.888. The summed E-state index contributed by atoms with van der Waals surface area (Å²) < 4.78 is 1.54. The SMILES string of the molecule is CCCn1nc(C(C)C)cc(C(C)(C)N)c1=O. The van der Waals surface area contributed by atoms with E-state index in [1.807, 2.05) is 26.8 Å². The third kappa shape index (κ3) is 3.16. The fourth-order valence-corrected chi connectivity index (χ4v) is 1.67. The third-order valence-corrected chi connectivity index (χ3v) is 2.71. The van der Waals surface area contributed by atoms with Crippen molar-refractivity contribution < 1.29 is 0 Å². The second-order valence-corrected chi connectivity index (χ2v) is 5.39. The van der Waals surface area contributed by atoms with Crippen LogP contribution in [0.2, 0.25) is 0 Å². The van der Waals surface area contributed by atoms with Crippen molar-refractivity contribution in [2.24, 2.45) is 5.73 Å². The van der Waals surface area contributed by atoms with E-state index in [-0.39, 0.29) is 5.56 Å². The highest BCUT2D eigenvalue weighted by Crippen LogP contribution is 2.17. The molecule has 0 radical (unpaired) electrons. The number of aryl methyl sites for hydroxylation is 1. The van der Waals surface area contributed by atoms with Crippen molar-refractivity contribution in [1.82, 2.24) is 9.78 Å². The van der Waals surface area contributed by atoms with Gasteiger partial charge in [-0.05, 0) is 32.3 Å². The van der Waals surface area contributed by atoms with Crippen molar-refractivity contribution in [1.29, 1.82) is 0 Å². The molecule has 1 aromatic heterocycles. The van der Waals surface area contributed by atoms with Crippen molar-refractivity contribution in [3.05, 3.63) is 27.7 Å². The minimum atomic E-state index is -0.626. The van der Waals surface area contributed by atoms with E-state index >= 15 is 0 Å². The topological polar surface area (TPSA) is 60.9 Å². The second kappa shape index (κ2) is 5.00. The molecule has 0 saturated carbocycles. The zero-order chi connectivity index (χ0) is 13.2. The molecule has 0 saturated heterocycles. The maximum Gasteiger partial charge on any atom is 0.271 e. The van der Waals surface area contributed by atoms with Gasteiger partial charge in [-0.15, -0.1) is 0 Å². The van der Waals surface area contributed by atoms with Gasteiger partial charge in [-0.2, -0.15) is 5.10 Å². The molecule has 0 aliphatic rings. The molecule has 0 unspecified atom stereocenters. The molecule has 1 rings (SSSR count). The lowest BCUT2D eigenvalue weighted by Gasteiger charge is -2.21. The van der Waals surface area contributed by atoms with Crippen LogP contribution in [0.4, 0.5) is 0 Å². The molecule has 1 aromatic rings. The van der Waals surface area contributed by atoms with Crippen molar-refractivity contribution in [3.8, 4) is 0 Å². The highest BCUT2D eigenvalue weighted by Gasteiger charge is 2.21. The lowest BCUT2D eigenvalue weighted by atomic mass is 9.95. The molecule has 0 bridgehead atoms. The van der Waals surface area contributed by atoms with Gasteiger partial charge in [0.05, 0.1) is 5.69 Å². The van der Waals surface area contributed by atoms with Gasteiger partial charge in [-0.3, -0.25) is 4.79 Å². The first-order valence-electron chi connectivity index (χ1n) is 6.18. The van der Waals surface area contributed by atoms with Crippen LogP contribution in [0, 0.1) is 0 Å². The first kappa shape index (κ1) is 13.9. The summed E-state index contributed by atoms with van der Waals surface area (Å²) in [4.78, 5) is 12.2. The molecule has 0 aliphatic heterocycles. The number of hydrogen-bond acceptors (Lipinski definition) is 3. The van der Waals surface area contributed by atoms with Gasteiger partial charge in [0.2, 0.25) is 0 Å². The van der Waals surface area contributed by atoms with Gasteiger partial charge in [-0.1, -0.05) is 20.8 Å². The van der Waals surface area contributed by atoms with E-state index < -0.39 is 5.54 Å². The van der Waals surface area contributed by atoms with Crippen LogP contribution in [0.3, 0.4) is 0 Å². The van der Waals surface area contributed by atoms with E-state index in [9.17, 15) is 4.79 Å². The Bertz CT molecular complexity index is 441. The van der Waals surface area contributed by atoms with Gasteiger partial charge in [0.15, 0.2) is 0 Å². The first-order valence-corrected chi connectivity index (χ1v) is 6.18. The molecule has 96 valence electrons. The quantitative estimate of drug-likeness (QED) is 0.871. The summed E-state index contributed by atoms with van der Waals surface area (Å²) in [5.74, 6) is 0.291. The van der Waals surface area contributed by atoms with Crippen molar-refractivity contribution >= 4 is 0 Å². The maximum atomic E-state index is 12.2. The standard InChI is InChI=1S/C13H23N3O/c1-6-7-16-12(17)10(13(4,5)14)8-11(15-16)9(2)3/h8-9H,6-7,14H2,1-5H3. The summed E-state index contributed by atoms with van der Waals surface area (Å²) in [5.41, 5.74) is 6.92. The monoisotopic (exact) mass is 237 g/mol. The van der Waals surface area contributed by atoms with Crippen molar-refractivity contribution in [2.45, 2.75) is 59.0 Å². The Balaban J connectivity index is 3.44. The Morgan fingerprint density at radius 3 is 2.47 bits per heavy atom. The molecule has 0 aliphatic carbocycles. The Morgan fingerprint density at radius 1 is 1.47 bits per heavy atom. The van der Waals surface area contributed by atoms with Crippen LogP contribution in [-0.2, 0) is 12.1 Å². The zero-order valence-corrected chi connectivity index (χ0v) is 11.4. The molecule has 0 aromatic carbocycles. The fourth-order valence-electron chi connectivity index (χ4n) is 1.67. The summed E-state index contributed by atoms with van der Waals surface area (Å²) in [6, 6.07) is 1.85. The minimum Gasteiger partial charge on any atom is -0.322 e. The average Bonchev–Trinajstić information content (AvgIpc) is 2.19. The summed E-state index contributed by atoms with van der Waals surface area (Å²) in [6.45, 7) is 10.5. The largest absolute Gasteiger partial charge is 0.322 e. The van der Waals surface area contributed by atoms with Gasteiger partial charge in [0, 0.05) is 17.6 Å². The van der Waals surface area contributed by atoms with Gasteiger partial charge in [0.1, 0.15) is 0 Å². The number of hydrogen-bond donors (Lipinski definition) is 1.